The molecule has 0 fully saturated rings. The first-order valence-electron chi connectivity index (χ1n) is 9.92. The summed E-state index contributed by atoms with van der Waals surface area (Å²) in [7, 11) is 0. The smallest absolute Gasteiger partial charge is 0.124 e. The SMILES string of the molecule is Fc1ccc(CNCc2c(OCCc3ccccc3)ccc3ccccc23)cc1. The van der Waals surface area contributed by atoms with Gasteiger partial charge in [0.2, 0.25) is 0 Å². The first-order valence-corrected chi connectivity index (χ1v) is 9.92. The topological polar surface area (TPSA) is 21.3 Å². The van der Waals surface area contributed by atoms with Gasteiger partial charge in [-0.1, -0.05) is 72.8 Å². The van der Waals surface area contributed by atoms with Crippen molar-refractivity contribution in [1.29, 1.82) is 0 Å². The van der Waals surface area contributed by atoms with Crippen LogP contribution in [0.1, 0.15) is 16.7 Å². The molecule has 0 radical (unpaired) electrons. The molecule has 0 aromatic heterocycles. The Bertz CT molecular complexity index is 1060. The van der Waals surface area contributed by atoms with Gasteiger partial charge in [0.05, 0.1) is 6.61 Å². The van der Waals surface area contributed by atoms with Gasteiger partial charge in [0.15, 0.2) is 0 Å². The second kappa shape index (κ2) is 9.35. The van der Waals surface area contributed by atoms with Crippen molar-refractivity contribution in [3.05, 3.63) is 114 Å². The van der Waals surface area contributed by atoms with Crippen molar-refractivity contribution >= 4 is 10.8 Å². The first-order chi connectivity index (χ1) is 14.3. The van der Waals surface area contributed by atoms with Gasteiger partial charge in [-0.25, -0.2) is 4.39 Å². The van der Waals surface area contributed by atoms with E-state index >= 15 is 0 Å². The minimum atomic E-state index is -0.211. The molecule has 146 valence electrons. The normalized spacial score (nSPS) is 10.9. The molecule has 0 saturated heterocycles. The highest BCUT2D eigenvalue weighted by Crippen LogP contribution is 2.28. The van der Waals surface area contributed by atoms with Crippen molar-refractivity contribution in [1.82, 2.24) is 5.32 Å². The number of hydrogen-bond acceptors (Lipinski definition) is 2. The van der Waals surface area contributed by atoms with Crippen LogP contribution in [0.4, 0.5) is 4.39 Å². The summed E-state index contributed by atoms with van der Waals surface area (Å²) < 4.78 is 19.3. The average molecular weight is 385 g/mol. The van der Waals surface area contributed by atoms with E-state index in [0.717, 1.165) is 23.3 Å². The zero-order valence-electron chi connectivity index (χ0n) is 16.3. The first kappa shape index (κ1) is 19.2. The Morgan fingerprint density at radius 2 is 1.45 bits per heavy atom. The molecule has 2 nitrogen and oxygen atoms in total. The van der Waals surface area contributed by atoms with Crippen LogP contribution in [0.3, 0.4) is 0 Å². The molecule has 0 spiro atoms. The molecule has 0 unspecified atom stereocenters. The zero-order chi connectivity index (χ0) is 19.9. The number of benzene rings is 4. The summed E-state index contributed by atoms with van der Waals surface area (Å²) in [5.41, 5.74) is 3.47. The lowest BCUT2D eigenvalue weighted by molar-refractivity contribution is 0.318. The summed E-state index contributed by atoms with van der Waals surface area (Å²) in [5.74, 6) is 0.697. The van der Waals surface area contributed by atoms with Crippen LogP contribution < -0.4 is 10.1 Å². The number of ether oxygens (including phenoxy) is 1. The van der Waals surface area contributed by atoms with E-state index in [4.69, 9.17) is 4.74 Å². The highest BCUT2D eigenvalue weighted by Gasteiger charge is 2.09. The van der Waals surface area contributed by atoms with E-state index < -0.39 is 0 Å². The third-order valence-electron chi connectivity index (χ3n) is 5.03. The van der Waals surface area contributed by atoms with Crippen LogP contribution in [0.5, 0.6) is 5.75 Å². The summed E-state index contributed by atoms with van der Waals surface area (Å²) in [6.45, 7) is 1.99. The van der Waals surface area contributed by atoms with E-state index in [2.05, 4.69) is 59.9 Å². The summed E-state index contributed by atoms with van der Waals surface area (Å²) >= 11 is 0. The highest BCUT2D eigenvalue weighted by molar-refractivity contribution is 5.87. The van der Waals surface area contributed by atoms with Gasteiger partial charge in [-0.2, -0.15) is 0 Å². The average Bonchev–Trinajstić information content (AvgIpc) is 2.77. The number of hydrogen-bond donors (Lipinski definition) is 1. The fourth-order valence-corrected chi connectivity index (χ4v) is 3.49. The third-order valence-corrected chi connectivity index (χ3v) is 5.03. The zero-order valence-corrected chi connectivity index (χ0v) is 16.3. The van der Waals surface area contributed by atoms with Gasteiger partial charge in [-0.05, 0) is 40.1 Å². The van der Waals surface area contributed by atoms with Crippen molar-refractivity contribution < 1.29 is 9.13 Å². The molecular formula is C26H24FNO. The van der Waals surface area contributed by atoms with Gasteiger partial charge < -0.3 is 10.1 Å². The molecule has 29 heavy (non-hydrogen) atoms. The molecule has 3 heteroatoms. The molecule has 0 atom stereocenters. The molecule has 0 aliphatic carbocycles. The van der Waals surface area contributed by atoms with E-state index in [1.54, 1.807) is 0 Å². The number of rotatable bonds is 8. The Hall–Kier alpha value is -3.17. The molecular weight excluding hydrogens is 361 g/mol. The quantitative estimate of drug-likeness (QED) is 0.408. The van der Waals surface area contributed by atoms with Crippen LogP contribution in [0, 0.1) is 5.82 Å². The minimum absolute atomic E-state index is 0.211. The molecule has 4 aromatic rings. The summed E-state index contributed by atoms with van der Waals surface area (Å²) in [6.07, 6.45) is 0.871. The predicted molar refractivity (Wildman–Crippen MR) is 117 cm³/mol. The van der Waals surface area contributed by atoms with Gasteiger partial charge in [0.1, 0.15) is 11.6 Å². The standard InChI is InChI=1S/C26H24FNO/c27-23-13-10-21(11-14-23)18-28-19-25-24-9-5-4-8-22(24)12-15-26(25)29-17-16-20-6-2-1-3-7-20/h1-15,28H,16-19H2. The maximum Gasteiger partial charge on any atom is 0.124 e. The summed E-state index contributed by atoms with van der Waals surface area (Å²) in [6, 6.07) is 29.5. The second-order valence-electron chi connectivity index (χ2n) is 7.08. The molecule has 0 heterocycles. The lowest BCUT2D eigenvalue weighted by Crippen LogP contribution is -2.14. The van der Waals surface area contributed by atoms with E-state index in [1.165, 1.54) is 28.5 Å². The van der Waals surface area contributed by atoms with Gasteiger partial charge in [0.25, 0.3) is 0 Å². The Labute approximate surface area is 171 Å². The molecule has 1 N–H and O–H groups in total. The predicted octanol–water partition coefficient (Wildman–Crippen LogP) is 5.89. The maximum atomic E-state index is 13.1. The molecule has 4 rings (SSSR count). The number of nitrogens with one attached hydrogen (secondary N) is 1. The van der Waals surface area contributed by atoms with Crippen molar-refractivity contribution in [3.63, 3.8) is 0 Å². The Morgan fingerprint density at radius 3 is 2.28 bits per heavy atom. The summed E-state index contributed by atoms with van der Waals surface area (Å²) in [5, 5.41) is 5.86. The van der Waals surface area contributed by atoms with Crippen LogP contribution in [0.2, 0.25) is 0 Å². The summed E-state index contributed by atoms with van der Waals surface area (Å²) in [4.78, 5) is 0. The van der Waals surface area contributed by atoms with Gasteiger partial charge in [0, 0.05) is 25.1 Å². The molecule has 0 aliphatic rings. The largest absolute Gasteiger partial charge is 0.493 e. The van der Waals surface area contributed by atoms with Crippen LogP contribution >= 0.6 is 0 Å². The van der Waals surface area contributed by atoms with Crippen LogP contribution in [0.25, 0.3) is 10.8 Å². The van der Waals surface area contributed by atoms with Gasteiger partial charge in [-0.3, -0.25) is 0 Å². The van der Waals surface area contributed by atoms with Crippen LogP contribution in [-0.4, -0.2) is 6.61 Å². The fraction of sp³-hybridized carbons (Fsp3) is 0.154. The highest BCUT2D eigenvalue weighted by atomic mass is 19.1. The number of halogens is 1. The Balaban J connectivity index is 1.48. The lowest BCUT2D eigenvalue weighted by atomic mass is 10.0. The van der Waals surface area contributed by atoms with Gasteiger partial charge in [-0.15, -0.1) is 0 Å². The van der Waals surface area contributed by atoms with Crippen molar-refractivity contribution in [2.24, 2.45) is 0 Å². The second-order valence-corrected chi connectivity index (χ2v) is 7.08. The van der Waals surface area contributed by atoms with Crippen molar-refractivity contribution in [2.45, 2.75) is 19.5 Å². The number of fused-ring (bicyclic) bond motifs is 1. The molecule has 0 aliphatic heterocycles. The van der Waals surface area contributed by atoms with Crippen LogP contribution in [-0.2, 0) is 19.5 Å². The van der Waals surface area contributed by atoms with E-state index in [9.17, 15) is 4.39 Å². The monoisotopic (exact) mass is 385 g/mol. The molecule has 0 bridgehead atoms. The van der Waals surface area contributed by atoms with Crippen LogP contribution in [0.15, 0.2) is 91.0 Å². The van der Waals surface area contributed by atoms with Crippen molar-refractivity contribution in [3.8, 4) is 5.75 Å². The van der Waals surface area contributed by atoms with E-state index in [1.807, 2.05) is 24.3 Å². The third kappa shape index (κ3) is 5.01. The fourth-order valence-electron chi connectivity index (χ4n) is 3.49. The van der Waals surface area contributed by atoms with E-state index in [-0.39, 0.29) is 5.82 Å². The maximum absolute atomic E-state index is 13.1. The Morgan fingerprint density at radius 1 is 0.690 bits per heavy atom. The minimum Gasteiger partial charge on any atom is -0.493 e. The van der Waals surface area contributed by atoms with E-state index in [0.29, 0.717) is 19.7 Å². The molecule has 4 aromatic carbocycles. The van der Waals surface area contributed by atoms with Gasteiger partial charge >= 0.3 is 0 Å². The lowest BCUT2D eigenvalue weighted by Gasteiger charge is -2.15. The van der Waals surface area contributed by atoms with Crippen molar-refractivity contribution in [2.75, 3.05) is 6.61 Å². The Kier molecular flexibility index (Phi) is 6.18. The molecule has 0 amide bonds. The molecule has 0 saturated carbocycles.